The minimum atomic E-state index is -0.290. The van der Waals surface area contributed by atoms with Gasteiger partial charge in [-0.2, -0.15) is 0 Å². The fourth-order valence-corrected chi connectivity index (χ4v) is 4.07. The molecule has 2 fully saturated rings. The van der Waals surface area contributed by atoms with Crippen LogP contribution in [0.5, 0.6) is 0 Å². The molecule has 2 aliphatic rings. The summed E-state index contributed by atoms with van der Waals surface area (Å²) in [6.07, 6.45) is 3.43. The topological polar surface area (TPSA) is 46.6 Å². The number of methoxy groups -OCH3 is 1. The van der Waals surface area contributed by atoms with E-state index < -0.39 is 0 Å². The zero-order valence-corrected chi connectivity index (χ0v) is 14.9. The Morgan fingerprint density at radius 1 is 1.08 bits per heavy atom. The normalized spacial score (nSPS) is 20.9. The highest BCUT2D eigenvalue weighted by Crippen LogP contribution is 2.45. The van der Waals surface area contributed by atoms with Gasteiger partial charge in [-0.05, 0) is 37.0 Å². The maximum atomic E-state index is 13.0. The van der Waals surface area contributed by atoms with Gasteiger partial charge in [-0.15, -0.1) is 0 Å². The first-order chi connectivity index (χ1) is 11.4. The molecule has 1 aromatic rings. The molecule has 0 aromatic heterocycles. The summed E-state index contributed by atoms with van der Waals surface area (Å²) in [4.78, 5) is 26.4. The van der Waals surface area contributed by atoms with Gasteiger partial charge in [-0.3, -0.25) is 9.59 Å². The molecule has 0 N–H and O–H groups in total. The van der Waals surface area contributed by atoms with Gasteiger partial charge in [0.25, 0.3) is 0 Å². The Kier molecular flexibility index (Phi) is 4.52. The number of ether oxygens (including phenoxy) is 1. The molecule has 4 heteroatoms. The third kappa shape index (κ3) is 3.00. The summed E-state index contributed by atoms with van der Waals surface area (Å²) in [5, 5.41) is 0. The predicted molar refractivity (Wildman–Crippen MR) is 94.2 cm³/mol. The summed E-state index contributed by atoms with van der Waals surface area (Å²) in [6.45, 7) is 5.72. The molecule has 1 heterocycles. The van der Waals surface area contributed by atoms with E-state index in [0.717, 1.165) is 31.5 Å². The van der Waals surface area contributed by atoms with Gasteiger partial charge < -0.3 is 9.64 Å². The fraction of sp³-hybridized carbons (Fsp3) is 0.600. The molecule has 4 nitrogen and oxygen atoms in total. The molecular weight excluding hydrogens is 302 g/mol. The molecule has 0 atom stereocenters. The van der Waals surface area contributed by atoms with Crippen molar-refractivity contribution in [1.29, 1.82) is 0 Å². The van der Waals surface area contributed by atoms with E-state index in [0.29, 0.717) is 25.2 Å². The lowest BCUT2D eigenvalue weighted by molar-refractivity contribution is -0.130. The van der Waals surface area contributed by atoms with E-state index in [-0.39, 0.29) is 16.7 Å². The first kappa shape index (κ1) is 17.2. The first-order valence-electron chi connectivity index (χ1n) is 8.81. The van der Waals surface area contributed by atoms with Crippen LogP contribution in [0, 0.1) is 5.41 Å². The number of carbonyl (C=O) groups excluding carboxylic acids is 2. The highest BCUT2D eigenvalue weighted by molar-refractivity contribution is 6.01. The van der Waals surface area contributed by atoms with Gasteiger partial charge in [0.2, 0.25) is 5.91 Å². The maximum Gasteiger partial charge on any atom is 0.233 e. The number of anilines is 1. The molecule has 0 unspecified atom stereocenters. The van der Waals surface area contributed by atoms with Gasteiger partial charge in [0.05, 0.1) is 12.0 Å². The quantitative estimate of drug-likeness (QED) is 0.849. The van der Waals surface area contributed by atoms with E-state index in [1.807, 2.05) is 17.0 Å². The molecule has 0 radical (unpaired) electrons. The third-order valence-corrected chi connectivity index (χ3v) is 5.74. The number of ketones is 1. The van der Waals surface area contributed by atoms with Crippen LogP contribution in [0.15, 0.2) is 24.3 Å². The van der Waals surface area contributed by atoms with E-state index >= 15 is 0 Å². The van der Waals surface area contributed by atoms with Crippen LogP contribution in [0.3, 0.4) is 0 Å². The van der Waals surface area contributed by atoms with Gasteiger partial charge in [0.1, 0.15) is 5.78 Å². The average molecular weight is 329 g/mol. The zero-order chi connectivity index (χ0) is 17.4. The second-order valence-corrected chi connectivity index (χ2v) is 7.89. The van der Waals surface area contributed by atoms with Crippen molar-refractivity contribution in [2.45, 2.75) is 51.4 Å². The van der Waals surface area contributed by atoms with Gasteiger partial charge in [-0.25, -0.2) is 0 Å². The lowest BCUT2D eigenvalue weighted by atomic mass is 9.72. The highest BCUT2D eigenvalue weighted by atomic mass is 16.5. The van der Waals surface area contributed by atoms with Gasteiger partial charge >= 0.3 is 0 Å². The lowest BCUT2D eigenvalue weighted by Gasteiger charge is -2.31. The second kappa shape index (κ2) is 6.32. The molecule has 1 saturated heterocycles. The zero-order valence-electron chi connectivity index (χ0n) is 14.9. The predicted octanol–water partition coefficient (Wildman–Crippen LogP) is 3.48. The Morgan fingerprint density at radius 3 is 2.29 bits per heavy atom. The SMILES string of the molecule is COCC(C)(C)c1ccc(N2CCC3(CCC(=O)CC3)C2=O)cc1. The monoisotopic (exact) mass is 329 g/mol. The summed E-state index contributed by atoms with van der Waals surface area (Å²) in [6, 6.07) is 8.27. The third-order valence-electron chi connectivity index (χ3n) is 5.74. The number of nitrogens with zero attached hydrogens (tertiary/aromatic N) is 1. The largest absolute Gasteiger partial charge is 0.384 e. The van der Waals surface area contributed by atoms with Crippen LogP contribution in [0.25, 0.3) is 0 Å². The van der Waals surface area contributed by atoms with Crippen LogP contribution in [-0.4, -0.2) is 32.0 Å². The van der Waals surface area contributed by atoms with Crippen molar-refractivity contribution >= 4 is 17.4 Å². The molecular formula is C20H27NO3. The lowest BCUT2D eigenvalue weighted by Crippen LogP contribution is -2.37. The summed E-state index contributed by atoms with van der Waals surface area (Å²) in [5.41, 5.74) is 1.83. The molecule has 24 heavy (non-hydrogen) atoms. The number of Topliss-reactive ketones (excluding diaryl/α,β-unsaturated/α-hetero) is 1. The Morgan fingerprint density at radius 2 is 1.71 bits per heavy atom. The maximum absolute atomic E-state index is 13.0. The van der Waals surface area contributed by atoms with Crippen LogP contribution in [0.2, 0.25) is 0 Å². The van der Waals surface area contributed by atoms with Gasteiger partial charge in [-0.1, -0.05) is 26.0 Å². The summed E-state index contributed by atoms with van der Waals surface area (Å²) in [7, 11) is 1.72. The van der Waals surface area contributed by atoms with Crippen molar-refractivity contribution in [3.8, 4) is 0 Å². The second-order valence-electron chi connectivity index (χ2n) is 7.89. The molecule has 1 spiro atoms. The van der Waals surface area contributed by atoms with Crippen LogP contribution in [0.4, 0.5) is 5.69 Å². The van der Waals surface area contributed by atoms with Crippen molar-refractivity contribution in [1.82, 2.24) is 0 Å². The van der Waals surface area contributed by atoms with Crippen LogP contribution in [0.1, 0.15) is 51.5 Å². The van der Waals surface area contributed by atoms with Crippen molar-refractivity contribution in [3.63, 3.8) is 0 Å². The Hall–Kier alpha value is -1.68. The van der Waals surface area contributed by atoms with Crippen molar-refractivity contribution in [3.05, 3.63) is 29.8 Å². The van der Waals surface area contributed by atoms with Crippen molar-refractivity contribution < 1.29 is 14.3 Å². The van der Waals surface area contributed by atoms with Gasteiger partial charge in [0.15, 0.2) is 0 Å². The minimum Gasteiger partial charge on any atom is -0.384 e. The summed E-state index contributed by atoms with van der Waals surface area (Å²) < 4.78 is 5.30. The Labute approximate surface area is 144 Å². The summed E-state index contributed by atoms with van der Waals surface area (Å²) >= 11 is 0. The van der Waals surface area contributed by atoms with Crippen LogP contribution >= 0.6 is 0 Å². The van der Waals surface area contributed by atoms with Crippen molar-refractivity contribution in [2.75, 3.05) is 25.2 Å². The van der Waals surface area contributed by atoms with Crippen molar-refractivity contribution in [2.24, 2.45) is 5.41 Å². The molecule has 1 aliphatic carbocycles. The fourth-order valence-electron chi connectivity index (χ4n) is 4.07. The number of carbonyl (C=O) groups is 2. The number of hydrogen-bond acceptors (Lipinski definition) is 3. The Bertz CT molecular complexity index is 623. The van der Waals surface area contributed by atoms with E-state index in [2.05, 4.69) is 26.0 Å². The first-order valence-corrected chi connectivity index (χ1v) is 8.81. The molecule has 130 valence electrons. The highest BCUT2D eigenvalue weighted by Gasteiger charge is 2.48. The molecule has 3 rings (SSSR count). The van der Waals surface area contributed by atoms with Crippen LogP contribution in [-0.2, 0) is 19.7 Å². The van der Waals surface area contributed by atoms with E-state index in [1.54, 1.807) is 7.11 Å². The average Bonchev–Trinajstić information content (AvgIpc) is 2.87. The molecule has 0 bridgehead atoms. The molecule has 1 aliphatic heterocycles. The standard InChI is InChI=1S/C20H27NO3/c1-19(2,14-24-3)15-4-6-16(7-5-15)21-13-12-20(18(21)23)10-8-17(22)9-11-20/h4-7H,8-14H2,1-3H3. The number of rotatable bonds is 4. The molecule has 1 amide bonds. The van der Waals surface area contributed by atoms with E-state index in [1.165, 1.54) is 5.56 Å². The smallest absolute Gasteiger partial charge is 0.233 e. The molecule has 1 saturated carbocycles. The van der Waals surface area contributed by atoms with Crippen LogP contribution < -0.4 is 4.90 Å². The minimum absolute atomic E-state index is 0.0484. The Balaban J connectivity index is 1.76. The number of benzene rings is 1. The van der Waals surface area contributed by atoms with E-state index in [9.17, 15) is 9.59 Å². The summed E-state index contributed by atoms with van der Waals surface area (Å²) in [5.74, 6) is 0.510. The number of amides is 1. The van der Waals surface area contributed by atoms with Gasteiger partial charge in [0, 0.05) is 37.6 Å². The molecule has 1 aromatic carbocycles. The number of hydrogen-bond donors (Lipinski definition) is 0. The van der Waals surface area contributed by atoms with E-state index in [4.69, 9.17) is 4.74 Å².